The third kappa shape index (κ3) is 12.7. The molecule has 24 aromatic rings. The standard InChI is InChI=1S/C87H39N39/c1-13-40-64-88-37-89-65(106-64)41-14-2-20-47(95-41)71-110-77-53-26-7-25-52(100-53)76-109-70(46(19-1)94-40)115-82(121-76)58-31-10-32-59(103-58)83-117-72-48-21-3-15-42(96-48)66-90-38-91-67(107-66)43-16-4-22-49(97-43)73-112-79(55-28-8-27-54(101-55)78(111-72)123-83)124-86(119-73)62-35-12-36-63(105-62)87-120-75-51-24-6-18-45(99-51)69-93-39-92-68(108-69)44-17-5-23-50(98-44)74-113-80(56-29-9-30-57(102-56)81(114-75)126-87)125-85(118-74)61-34-11-33-60(104-61)84(116-71)122-77/h1-39H. The number of hydrogen-bond donors (Lipinski definition) is 0. The predicted molar refractivity (Wildman–Crippen MR) is 461 cm³/mol. The average molecular weight is 1630 g/mol. The molecule has 39 nitrogen and oxygen atoms in total. The van der Waals surface area contributed by atoms with Crippen LogP contribution in [-0.2, 0) is 0 Å². The van der Waals surface area contributed by atoms with Crippen LogP contribution in [0.4, 0.5) is 0 Å². The van der Waals surface area contributed by atoms with Crippen LogP contribution in [0.25, 0.3) is 270 Å². The van der Waals surface area contributed by atoms with Gasteiger partial charge in [-0.1, -0.05) is 72.8 Å². The summed E-state index contributed by atoms with van der Waals surface area (Å²) in [6, 6.07) is 63.7. The van der Waals surface area contributed by atoms with E-state index in [1.807, 2.05) is 0 Å². The Kier molecular flexibility index (Phi) is 15.7. The second-order valence-corrected chi connectivity index (χ2v) is 28.1. The number of nitrogens with zero attached hydrogens (tertiary/aromatic N) is 39. The summed E-state index contributed by atoms with van der Waals surface area (Å²) >= 11 is 0. The van der Waals surface area contributed by atoms with Crippen molar-refractivity contribution in [2.24, 2.45) is 0 Å². The fraction of sp³-hybridized carbons (Fsp3) is 0. The first kappa shape index (κ1) is 70.0. The smallest absolute Gasteiger partial charge is 0.182 e. The molecule has 25 heterocycles. The molecular weight excluding hydrogens is 1590 g/mol. The highest BCUT2D eigenvalue weighted by atomic mass is 15.1. The molecule has 1 aliphatic heterocycles. The van der Waals surface area contributed by atoms with Gasteiger partial charge in [-0.05, 0) is 146 Å². The van der Waals surface area contributed by atoms with E-state index in [1.54, 1.807) is 218 Å². The highest BCUT2D eigenvalue weighted by Gasteiger charge is 2.21. The molecule has 582 valence electrons. The minimum absolute atomic E-state index is 0.0988. The van der Waals surface area contributed by atoms with Gasteiger partial charge < -0.3 is 0 Å². The average Bonchev–Trinajstić information content (AvgIpc) is 0.777. The molecule has 0 aromatic carbocycles. The van der Waals surface area contributed by atoms with E-state index in [-0.39, 0.29) is 204 Å². The minimum atomic E-state index is 0.0988. The van der Waals surface area contributed by atoms with Crippen LogP contribution in [0.2, 0.25) is 0 Å². The third-order valence-corrected chi connectivity index (χ3v) is 20.0. The fourth-order valence-electron chi connectivity index (χ4n) is 14.2. The minimum Gasteiger partial charge on any atom is -0.241 e. The molecule has 0 saturated carbocycles. The number of rotatable bonds is 0. The zero-order valence-corrected chi connectivity index (χ0v) is 64.0. The molecule has 0 aliphatic carbocycles. The normalized spacial score (nSPS) is 11.8. The first-order chi connectivity index (χ1) is 62.2. The molecular formula is C87H39N39. The molecule has 39 heteroatoms. The lowest BCUT2D eigenvalue weighted by atomic mass is 10.2. The van der Waals surface area contributed by atoms with E-state index in [0.29, 0.717) is 66.2 Å². The van der Waals surface area contributed by atoms with Gasteiger partial charge in [-0.3, -0.25) is 0 Å². The summed E-state index contributed by atoms with van der Waals surface area (Å²) < 4.78 is 0. The zero-order chi connectivity index (χ0) is 82.9. The van der Waals surface area contributed by atoms with Crippen molar-refractivity contribution in [2.45, 2.75) is 0 Å². The molecule has 0 radical (unpaired) electrons. The molecule has 0 fully saturated rings. The lowest BCUT2D eigenvalue weighted by Gasteiger charge is -2.06. The van der Waals surface area contributed by atoms with E-state index in [0.717, 1.165) is 0 Å². The summed E-state index contributed by atoms with van der Waals surface area (Å²) in [6.07, 6.45) is 4.16. The van der Waals surface area contributed by atoms with Gasteiger partial charge in [0.2, 0.25) is 0 Å². The number of fused-ring (bicyclic) bond motifs is 54. The van der Waals surface area contributed by atoms with E-state index in [9.17, 15) is 0 Å². The summed E-state index contributed by atoms with van der Waals surface area (Å²) in [7, 11) is 0. The van der Waals surface area contributed by atoms with Gasteiger partial charge in [0, 0.05) is 0 Å². The Morgan fingerprint density at radius 1 is 0.0952 bits per heavy atom. The summed E-state index contributed by atoms with van der Waals surface area (Å²) in [5.41, 5.74) is 9.92. The van der Waals surface area contributed by atoms with Crippen molar-refractivity contribution >= 4 is 201 Å². The summed E-state index contributed by atoms with van der Waals surface area (Å²) in [5.74, 6) is 0.593. The van der Waals surface area contributed by atoms with Crippen molar-refractivity contribution in [3.8, 4) is 69.1 Å². The SMILES string of the molecule is c1cc2nc(c1)-c1nc3nc(n1)c1cccc(n1)c1nc(nc(n1)c1cccc(n1)c1ncnc(n1)c1cccc3n1)-c1cccc(n1)-c1nc3nc(n1)c1cccc(n1)c1nc(nc(n1)c1cccc(n1)c1ncnc(n1)c1cccc3n1)-c1cccc(n1)-c1nc3nc(n1)c1cccc(n1)c1nc-2nc(n1)c1cccc(n1)c1ncnc(n1)c1cccc3n1. The van der Waals surface area contributed by atoms with E-state index < -0.39 is 0 Å². The lowest BCUT2D eigenvalue weighted by molar-refractivity contribution is 1.11. The number of aromatic nitrogens is 39. The Morgan fingerprint density at radius 2 is 0.206 bits per heavy atom. The van der Waals surface area contributed by atoms with Crippen LogP contribution in [0.15, 0.2) is 237 Å². The summed E-state index contributed by atoms with van der Waals surface area (Å²) in [6.45, 7) is 0. The Labute approximate surface area is 698 Å². The van der Waals surface area contributed by atoms with Crippen LogP contribution in [0.1, 0.15) is 0 Å². The van der Waals surface area contributed by atoms with Crippen LogP contribution in [-0.4, -0.2) is 194 Å². The van der Waals surface area contributed by atoms with Crippen molar-refractivity contribution in [2.75, 3.05) is 0 Å². The van der Waals surface area contributed by atoms with Gasteiger partial charge in [0.1, 0.15) is 152 Å². The van der Waals surface area contributed by atoms with E-state index in [4.69, 9.17) is 164 Å². The molecule has 0 N–H and O–H groups in total. The van der Waals surface area contributed by atoms with Crippen molar-refractivity contribution in [3.63, 3.8) is 0 Å². The molecule has 126 heavy (non-hydrogen) atoms. The maximum atomic E-state index is 5.25. The quantitative estimate of drug-likeness (QED) is 0.136. The highest BCUT2D eigenvalue weighted by molar-refractivity contribution is 5.93. The van der Waals surface area contributed by atoms with Gasteiger partial charge in [0.15, 0.2) is 137 Å². The van der Waals surface area contributed by atoms with Gasteiger partial charge in [0.25, 0.3) is 0 Å². The van der Waals surface area contributed by atoms with Crippen LogP contribution in [0.5, 0.6) is 0 Å². The lowest BCUT2D eigenvalue weighted by Crippen LogP contribution is -2.01. The number of hydrogen-bond acceptors (Lipinski definition) is 39. The summed E-state index contributed by atoms with van der Waals surface area (Å²) in [4.78, 5) is 197. The topological polar surface area (TPSA) is 503 Å². The maximum absolute atomic E-state index is 5.25. The summed E-state index contributed by atoms with van der Waals surface area (Å²) in [5, 5.41) is 0. The zero-order valence-electron chi connectivity index (χ0n) is 64.0. The van der Waals surface area contributed by atoms with Gasteiger partial charge in [0.05, 0.1) is 0 Å². The van der Waals surface area contributed by atoms with Crippen LogP contribution < -0.4 is 0 Å². The second kappa shape index (κ2) is 28.3. The van der Waals surface area contributed by atoms with Crippen molar-refractivity contribution < 1.29 is 0 Å². The fourth-order valence-corrected chi connectivity index (χ4v) is 14.2. The molecule has 1 aliphatic rings. The number of pyridine rings is 12. The first-order valence-electron chi connectivity index (χ1n) is 38.6. The molecule has 0 saturated heterocycles. The van der Waals surface area contributed by atoms with Crippen molar-refractivity contribution in [3.05, 3.63) is 237 Å². The molecule has 0 amide bonds. The van der Waals surface area contributed by atoms with Crippen molar-refractivity contribution in [1.29, 1.82) is 0 Å². The molecule has 0 unspecified atom stereocenters. The first-order valence-corrected chi connectivity index (χ1v) is 38.6. The highest BCUT2D eigenvalue weighted by Crippen LogP contribution is 2.30. The van der Waals surface area contributed by atoms with Crippen LogP contribution in [0.3, 0.4) is 0 Å². The monoisotopic (exact) mass is 1630 g/mol. The van der Waals surface area contributed by atoms with Crippen LogP contribution in [0, 0.1) is 0 Å². The molecule has 48 bridgehead atoms. The van der Waals surface area contributed by atoms with Gasteiger partial charge in [-0.2, -0.15) is 0 Å². The second-order valence-electron chi connectivity index (χ2n) is 28.1. The Morgan fingerprint density at radius 3 is 0.341 bits per heavy atom. The maximum Gasteiger partial charge on any atom is 0.182 e. The van der Waals surface area contributed by atoms with Gasteiger partial charge >= 0.3 is 0 Å². The van der Waals surface area contributed by atoms with Gasteiger partial charge in [-0.15, -0.1) is 0 Å². The van der Waals surface area contributed by atoms with Crippen molar-refractivity contribution in [1.82, 2.24) is 194 Å². The van der Waals surface area contributed by atoms with E-state index in [2.05, 4.69) is 29.9 Å². The molecule has 24 aromatic heterocycles. The third-order valence-electron chi connectivity index (χ3n) is 20.0. The Hall–Kier alpha value is -19.1. The predicted octanol–water partition coefficient (Wildman–Crippen LogP) is 12.2. The van der Waals surface area contributed by atoms with Crippen LogP contribution >= 0.6 is 0 Å². The Balaban J connectivity index is 0.816. The molecule has 25 rings (SSSR count). The molecule has 0 spiro atoms. The van der Waals surface area contributed by atoms with Gasteiger partial charge in [-0.25, -0.2) is 194 Å². The Bertz CT molecular complexity index is 8010. The molecule has 0 atom stereocenters. The largest absolute Gasteiger partial charge is 0.241 e. The van der Waals surface area contributed by atoms with E-state index in [1.165, 1.54) is 19.0 Å². The van der Waals surface area contributed by atoms with E-state index >= 15 is 0 Å².